The fourth-order valence-electron chi connectivity index (χ4n) is 1.58. The third-order valence-corrected chi connectivity index (χ3v) is 3.31. The van der Waals surface area contributed by atoms with Gasteiger partial charge in [0.1, 0.15) is 0 Å². The molecule has 0 aromatic heterocycles. The fourth-order valence-corrected chi connectivity index (χ4v) is 2.14. The number of rotatable bonds is 6. The van der Waals surface area contributed by atoms with Crippen LogP contribution in [0.25, 0.3) is 0 Å². The molecule has 98 valence electrons. The van der Waals surface area contributed by atoms with Crippen molar-refractivity contribution in [2.24, 2.45) is 5.92 Å². The number of aromatic carboxylic acids is 1. The van der Waals surface area contributed by atoms with E-state index in [9.17, 15) is 4.79 Å². The van der Waals surface area contributed by atoms with Crippen LogP contribution in [0.5, 0.6) is 11.5 Å². The van der Waals surface area contributed by atoms with Crippen LogP contribution >= 0.6 is 15.9 Å². The van der Waals surface area contributed by atoms with Gasteiger partial charge in [-0.2, -0.15) is 0 Å². The summed E-state index contributed by atoms with van der Waals surface area (Å²) >= 11 is 3.34. The maximum atomic E-state index is 11.0. The Labute approximate surface area is 114 Å². The molecule has 18 heavy (non-hydrogen) atoms. The second-order valence-electron chi connectivity index (χ2n) is 4.28. The minimum atomic E-state index is -0.981. The Morgan fingerprint density at radius 2 is 2.17 bits per heavy atom. The molecule has 0 spiro atoms. The SMILES string of the molecule is CCOc1cc(C(=O)O)cc(Br)c1OCC1CC1. The van der Waals surface area contributed by atoms with Gasteiger partial charge in [-0.25, -0.2) is 4.79 Å². The van der Waals surface area contributed by atoms with Crippen molar-refractivity contribution in [3.05, 3.63) is 22.2 Å². The summed E-state index contributed by atoms with van der Waals surface area (Å²) in [5, 5.41) is 9.00. The minimum absolute atomic E-state index is 0.184. The summed E-state index contributed by atoms with van der Waals surface area (Å²) in [5.74, 6) is 0.717. The van der Waals surface area contributed by atoms with Gasteiger partial charge in [-0.3, -0.25) is 0 Å². The zero-order valence-electron chi connectivity index (χ0n) is 10.1. The van der Waals surface area contributed by atoms with Gasteiger partial charge in [0.05, 0.1) is 23.2 Å². The smallest absolute Gasteiger partial charge is 0.335 e. The summed E-state index contributed by atoms with van der Waals surface area (Å²) in [6, 6.07) is 3.03. The quantitative estimate of drug-likeness (QED) is 0.875. The van der Waals surface area contributed by atoms with Crippen LogP contribution in [0.1, 0.15) is 30.1 Å². The highest BCUT2D eigenvalue weighted by molar-refractivity contribution is 9.10. The van der Waals surface area contributed by atoms with Gasteiger partial charge in [-0.05, 0) is 53.7 Å². The van der Waals surface area contributed by atoms with Crippen molar-refractivity contribution in [1.82, 2.24) is 0 Å². The van der Waals surface area contributed by atoms with Crippen LogP contribution in [-0.2, 0) is 0 Å². The molecule has 0 heterocycles. The molecular weight excluding hydrogens is 300 g/mol. The molecule has 4 nitrogen and oxygen atoms in total. The number of carbonyl (C=O) groups is 1. The molecule has 2 rings (SSSR count). The van der Waals surface area contributed by atoms with Gasteiger partial charge in [0, 0.05) is 0 Å². The molecule has 1 aliphatic rings. The molecule has 0 amide bonds. The first-order chi connectivity index (χ1) is 8.61. The van der Waals surface area contributed by atoms with Gasteiger partial charge < -0.3 is 14.6 Å². The van der Waals surface area contributed by atoms with E-state index in [1.807, 2.05) is 6.92 Å². The Morgan fingerprint density at radius 1 is 1.44 bits per heavy atom. The zero-order valence-corrected chi connectivity index (χ0v) is 11.7. The Bertz CT molecular complexity index is 455. The molecule has 1 aromatic carbocycles. The molecule has 0 atom stereocenters. The number of carboxylic acid groups (broad SMARTS) is 1. The highest BCUT2D eigenvalue weighted by Crippen LogP contribution is 2.39. The van der Waals surface area contributed by atoms with E-state index in [0.717, 1.165) is 0 Å². The molecule has 1 aliphatic carbocycles. The summed E-state index contributed by atoms with van der Waals surface area (Å²) < 4.78 is 11.8. The maximum Gasteiger partial charge on any atom is 0.335 e. The number of ether oxygens (including phenoxy) is 2. The van der Waals surface area contributed by atoms with E-state index < -0.39 is 5.97 Å². The van der Waals surface area contributed by atoms with Gasteiger partial charge in [0.25, 0.3) is 0 Å². The lowest BCUT2D eigenvalue weighted by molar-refractivity contribution is 0.0696. The largest absolute Gasteiger partial charge is 0.490 e. The normalized spacial score (nSPS) is 14.3. The van der Waals surface area contributed by atoms with E-state index in [-0.39, 0.29) is 5.56 Å². The van der Waals surface area contributed by atoms with Crippen molar-refractivity contribution in [3.8, 4) is 11.5 Å². The first-order valence-corrected chi connectivity index (χ1v) is 6.73. The third kappa shape index (κ3) is 3.16. The predicted octanol–water partition coefficient (Wildman–Crippen LogP) is 3.33. The van der Waals surface area contributed by atoms with Crippen LogP contribution in [0, 0.1) is 5.92 Å². The monoisotopic (exact) mass is 314 g/mol. The topological polar surface area (TPSA) is 55.8 Å². The highest BCUT2D eigenvalue weighted by atomic mass is 79.9. The van der Waals surface area contributed by atoms with E-state index in [1.165, 1.54) is 25.0 Å². The van der Waals surface area contributed by atoms with Gasteiger partial charge in [-0.15, -0.1) is 0 Å². The van der Waals surface area contributed by atoms with E-state index in [0.29, 0.717) is 35.1 Å². The summed E-state index contributed by atoms with van der Waals surface area (Å²) in [5.41, 5.74) is 0.184. The highest BCUT2D eigenvalue weighted by Gasteiger charge is 2.24. The Kier molecular flexibility index (Phi) is 4.11. The molecule has 0 saturated heterocycles. The Balaban J connectivity index is 2.25. The van der Waals surface area contributed by atoms with Crippen LogP contribution in [0.4, 0.5) is 0 Å². The second kappa shape index (κ2) is 5.61. The first-order valence-electron chi connectivity index (χ1n) is 5.94. The third-order valence-electron chi connectivity index (χ3n) is 2.72. The summed E-state index contributed by atoms with van der Waals surface area (Å²) in [4.78, 5) is 11.0. The lowest BCUT2D eigenvalue weighted by Crippen LogP contribution is -2.05. The number of benzene rings is 1. The maximum absolute atomic E-state index is 11.0. The zero-order chi connectivity index (χ0) is 13.1. The molecule has 0 bridgehead atoms. The summed E-state index contributed by atoms with van der Waals surface area (Å²) in [6.45, 7) is 2.98. The van der Waals surface area contributed by atoms with Gasteiger partial charge in [0.2, 0.25) is 0 Å². The molecule has 1 saturated carbocycles. The lowest BCUT2D eigenvalue weighted by atomic mass is 10.2. The van der Waals surface area contributed by atoms with E-state index in [2.05, 4.69) is 15.9 Å². The van der Waals surface area contributed by atoms with Crippen molar-refractivity contribution in [1.29, 1.82) is 0 Å². The van der Waals surface area contributed by atoms with Gasteiger partial charge in [-0.1, -0.05) is 0 Å². The number of halogens is 1. The number of carboxylic acids is 1. The van der Waals surface area contributed by atoms with Crippen molar-refractivity contribution in [2.45, 2.75) is 19.8 Å². The van der Waals surface area contributed by atoms with Crippen LogP contribution in [-0.4, -0.2) is 24.3 Å². The lowest BCUT2D eigenvalue weighted by Gasteiger charge is -2.14. The predicted molar refractivity (Wildman–Crippen MR) is 70.5 cm³/mol. The molecule has 1 aromatic rings. The number of hydrogen-bond donors (Lipinski definition) is 1. The standard InChI is InChI=1S/C13H15BrO4/c1-2-17-11-6-9(13(15)16)5-10(14)12(11)18-7-8-3-4-8/h5-6,8H,2-4,7H2,1H3,(H,15,16). The molecule has 0 aliphatic heterocycles. The fraction of sp³-hybridized carbons (Fsp3) is 0.462. The minimum Gasteiger partial charge on any atom is -0.490 e. The van der Waals surface area contributed by atoms with Crippen molar-refractivity contribution >= 4 is 21.9 Å². The van der Waals surface area contributed by atoms with E-state index in [1.54, 1.807) is 0 Å². The van der Waals surface area contributed by atoms with Crippen molar-refractivity contribution < 1.29 is 19.4 Å². The van der Waals surface area contributed by atoms with E-state index in [4.69, 9.17) is 14.6 Å². The number of hydrogen-bond acceptors (Lipinski definition) is 3. The molecule has 5 heteroatoms. The average Bonchev–Trinajstić information content (AvgIpc) is 3.11. The summed E-state index contributed by atoms with van der Waals surface area (Å²) in [6.07, 6.45) is 2.41. The molecule has 0 unspecified atom stereocenters. The van der Waals surface area contributed by atoms with E-state index >= 15 is 0 Å². The molecule has 1 fully saturated rings. The second-order valence-corrected chi connectivity index (χ2v) is 5.13. The van der Waals surface area contributed by atoms with Crippen LogP contribution in [0.15, 0.2) is 16.6 Å². The van der Waals surface area contributed by atoms with Crippen molar-refractivity contribution in [2.75, 3.05) is 13.2 Å². The van der Waals surface area contributed by atoms with Crippen LogP contribution in [0.3, 0.4) is 0 Å². The Hall–Kier alpha value is -1.23. The van der Waals surface area contributed by atoms with Crippen LogP contribution in [0.2, 0.25) is 0 Å². The van der Waals surface area contributed by atoms with Gasteiger partial charge >= 0.3 is 5.97 Å². The average molecular weight is 315 g/mol. The molecule has 0 radical (unpaired) electrons. The first kappa shape index (κ1) is 13.2. The summed E-state index contributed by atoms with van der Waals surface area (Å²) in [7, 11) is 0. The van der Waals surface area contributed by atoms with Gasteiger partial charge in [0.15, 0.2) is 11.5 Å². The Morgan fingerprint density at radius 3 is 2.72 bits per heavy atom. The molecule has 1 N–H and O–H groups in total. The molecular formula is C13H15BrO4. The van der Waals surface area contributed by atoms with Crippen LogP contribution < -0.4 is 9.47 Å². The van der Waals surface area contributed by atoms with Crippen molar-refractivity contribution in [3.63, 3.8) is 0 Å².